The molecule has 3 aromatic rings. The molecule has 1 aliphatic rings. The van der Waals surface area contributed by atoms with Gasteiger partial charge in [0.25, 0.3) is 5.91 Å². The van der Waals surface area contributed by atoms with Crippen LogP contribution in [0.15, 0.2) is 48.5 Å². The molecule has 1 fully saturated rings. The van der Waals surface area contributed by atoms with E-state index in [1.807, 2.05) is 60.4 Å². The van der Waals surface area contributed by atoms with Crippen molar-refractivity contribution in [2.75, 3.05) is 26.2 Å². The molecule has 4 nitrogen and oxygen atoms in total. The van der Waals surface area contributed by atoms with Crippen LogP contribution in [0.25, 0.3) is 10.9 Å². The second-order valence-corrected chi connectivity index (χ2v) is 10.1. The summed E-state index contributed by atoms with van der Waals surface area (Å²) in [6, 6.07) is 15.6. The smallest absolute Gasteiger partial charge is 0.270 e. The first kappa shape index (κ1) is 23.5. The number of rotatable bonds is 7. The molecule has 1 saturated heterocycles. The molecule has 176 valence electrons. The molecule has 2 aromatic carbocycles. The van der Waals surface area contributed by atoms with Gasteiger partial charge < -0.3 is 9.88 Å². The van der Waals surface area contributed by atoms with E-state index in [1.54, 1.807) is 0 Å². The van der Waals surface area contributed by atoms with Gasteiger partial charge in [-0.05, 0) is 89.2 Å². The molecule has 1 aromatic heterocycles. The molecular weight excluding hydrogens is 413 g/mol. The lowest BCUT2D eigenvalue weighted by molar-refractivity contribution is 0.0544. The maximum absolute atomic E-state index is 14.6. The first-order chi connectivity index (χ1) is 15.8. The number of hydrogen-bond acceptors (Lipinski definition) is 2. The molecule has 0 aliphatic carbocycles. The summed E-state index contributed by atoms with van der Waals surface area (Å²) < 4.78 is 14.6. The molecule has 0 bridgehead atoms. The first-order valence-electron chi connectivity index (χ1n) is 12.1. The number of carbonyl (C=O) groups excluding carboxylic acids is 1. The fourth-order valence-corrected chi connectivity index (χ4v) is 5.17. The van der Waals surface area contributed by atoms with Crippen molar-refractivity contribution in [3.8, 4) is 0 Å². The Kier molecular flexibility index (Phi) is 6.89. The van der Waals surface area contributed by atoms with Crippen LogP contribution in [-0.2, 0) is 6.42 Å². The Morgan fingerprint density at radius 1 is 1.15 bits per heavy atom. The van der Waals surface area contributed by atoms with Crippen molar-refractivity contribution < 1.29 is 9.18 Å². The van der Waals surface area contributed by atoms with Gasteiger partial charge in [-0.25, -0.2) is 4.39 Å². The predicted molar refractivity (Wildman–Crippen MR) is 133 cm³/mol. The highest BCUT2D eigenvalue weighted by molar-refractivity contribution is 5.98. The van der Waals surface area contributed by atoms with Crippen LogP contribution < -0.4 is 0 Å². The fourth-order valence-electron chi connectivity index (χ4n) is 5.17. The minimum Gasteiger partial charge on any atom is -0.351 e. The Morgan fingerprint density at radius 3 is 2.58 bits per heavy atom. The normalized spacial score (nSPS) is 15.8. The Labute approximate surface area is 196 Å². The number of piperidine rings is 1. The Balaban J connectivity index is 1.35. The molecule has 0 unspecified atom stereocenters. The van der Waals surface area contributed by atoms with Gasteiger partial charge in [0, 0.05) is 29.5 Å². The third-order valence-electron chi connectivity index (χ3n) is 7.27. The van der Waals surface area contributed by atoms with Crippen molar-refractivity contribution in [1.82, 2.24) is 14.8 Å². The second kappa shape index (κ2) is 9.68. The number of H-pyrrole nitrogens is 1. The van der Waals surface area contributed by atoms with E-state index in [9.17, 15) is 9.18 Å². The Hall–Kier alpha value is -2.66. The maximum Gasteiger partial charge on any atom is 0.270 e. The van der Waals surface area contributed by atoms with Crippen LogP contribution in [0.1, 0.15) is 55.2 Å². The average molecular weight is 450 g/mol. The zero-order valence-electron chi connectivity index (χ0n) is 20.3. The molecule has 4 rings (SSSR count). The molecular formula is C28H36FN3O. The van der Waals surface area contributed by atoms with E-state index >= 15 is 0 Å². The van der Waals surface area contributed by atoms with Crippen LogP contribution in [0.5, 0.6) is 0 Å². The summed E-state index contributed by atoms with van der Waals surface area (Å²) >= 11 is 0. The first-order valence-corrected chi connectivity index (χ1v) is 12.1. The van der Waals surface area contributed by atoms with E-state index in [4.69, 9.17) is 0 Å². The molecule has 0 radical (unpaired) electrons. The number of halogens is 1. The number of benzene rings is 2. The number of aromatic nitrogens is 1. The predicted octanol–water partition coefficient (Wildman–Crippen LogP) is 5.81. The van der Waals surface area contributed by atoms with Gasteiger partial charge in [0.2, 0.25) is 0 Å². The number of fused-ring (bicyclic) bond motifs is 1. The lowest BCUT2D eigenvalue weighted by Crippen LogP contribution is -2.50. The number of carbonyl (C=O) groups is 1. The molecule has 0 spiro atoms. The van der Waals surface area contributed by atoms with E-state index in [0.29, 0.717) is 30.1 Å². The number of amides is 1. The van der Waals surface area contributed by atoms with Crippen LogP contribution in [-0.4, -0.2) is 52.4 Å². The monoisotopic (exact) mass is 449 g/mol. The molecule has 1 aliphatic heterocycles. The number of nitrogens with zero attached hydrogens (tertiary/aromatic N) is 2. The molecule has 1 amide bonds. The van der Waals surface area contributed by atoms with Crippen LogP contribution in [0.3, 0.4) is 0 Å². The van der Waals surface area contributed by atoms with Gasteiger partial charge >= 0.3 is 0 Å². The number of aryl methyl sites for hydroxylation is 1. The zero-order valence-corrected chi connectivity index (χ0v) is 20.3. The minimum atomic E-state index is -0.107. The summed E-state index contributed by atoms with van der Waals surface area (Å²) in [5.41, 5.74) is 3.06. The topological polar surface area (TPSA) is 39.3 Å². The SMILES string of the molecule is CCN(CC1CCN(C(C)(C)Cc2cccc(C)c2F)CC1)C(=O)c1cc2ccccc2[nH]1. The summed E-state index contributed by atoms with van der Waals surface area (Å²) in [7, 11) is 0. The Morgan fingerprint density at radius 2 is 1.88 bits per heavy atom. The van der Waals surface area contributed by atoms with Crippen molar-refractivity contribution in [2.45, 2.75) is 52.5 Å². The largest absolute Gasteiger partial charge is 0.351 e. The van der Waals surface area contributed by atoms with E-state index in [1.165, 1.54) is 0 Å². The van der Waals surface area contributed by atoms with Gasteiger partial charge in [-0.2, -0.15) is 0 Å². The average Bonchev–Trinajstić information content (AvgIpc) is 3.25. The van der Waals surface area contributed by atoms with E-state index < -0.39 is 0 Å². The highest BCUT2D eigenvalue weighted by atomic mass is 19.1. The van der Waals surface area contributed by atoms with Gasteiger partial charge in [-0.1, -0.05) is 36.4 Å². The van der Waals surface area contributed by atoms with Crippen molar-refractivity contribution in [3.05, 3.63) is 71.2 Å². The lowest BCUT2D eigenvalue weighted by atomic mass is 9.87. The van der Waals surface area contributed by atoms with Gasteiger partial charge in [-0.3, -0.25) is 9.69 Å². The van der Waals surface area contributed by atoms with E-state index in [-0.39, 0.29) is 17.3 Å². The number of likely N-dealkylation sites (tertiary alicyclic amines) is 1. The quantitative estimate of drug-likeness (QED) is 0.494. The van der Waals surface area contributed by atoms with E-state index in [2.05, 4.69) is 30.7 Å². The summed E-state index contributed by atoms with van der Waals surface area (Å²) in [6.45, 7) is 11.7. The summed E-state index contributed by atoms with van der Waals surface area (Å²) in [4.78, 5) is 20.9. The number of hydrogen-bond donors (Lipinski definition) is 1. The number of aromatic amines is 1. The number of para-hydroxylation sites is 1. The second-order valence-electron chi connectivity index (χ2n) is 10.1. The molecule has 33 heavy (non-hydrogen) atoms. The summed E-state index contributed by atoms with van der Waals surface area (Å²) in [5.74, 6) is 0.488. The highest BCUT2D eigenvalue weighted by Gasteiger charge is 2.32. The third kappa shape index (κ3) is 5.14. The third-order valence-corrected chi connectivity index (χ3v) is 7.27. The molecule has 2 heterocycles. The van der Waals surface area contributed by atoms with E-state index in [0.717, 1.165) is 48.9 Å². The van der Waals surface area contributed by atoms with Crippen LogP contribution in [0.4, 0.5) is 4.39 Å². The highest BCUT2D eigenvalue weighted by Crippen LogP contribution is 2.29. The van der Waals surface area contributed by atoms with Crippen molar-refractivity contribution in [3.63, 3.8) is 0 Å². The summed E-state index contributed by atoms with van der Waals surface area (Å²) in [5, 5.41) is 1.07. The van der Waals surface area contributed by atoms with Crippen LogP contribution in [0.2, 0.25) is 0 Å². The minimum absolute atomic E-state index is 0.0745. The standard InChI is InChI=1S/C28H36FN3O/c1-5-31(27(33)25-17-22-10-6-7-12-24(22)30-25)19-21-13-15-32(16-14-21)28(3,4)18-23-11-8-9-20(2)26(23)29/h6-12,17,21,30H,5,13-16,18-19H2,1-4H3. The van der Waals surface area contributed by atoms with Crippen LogP contribution >= 0.6 is 0 Å². The fraction of sp³-hybridized carbons (Fsp3) is 0.464. The van der Waals surface area contributed by atoms with Crippen molar-refractivity contribution >= 4 is 16.8 Å². The Bertz CT molecular complexity index is 1080. The molecule has 0 saturated carbocycles. The van der Waals surface area contributed by atoms with Gasteiger partial charge in [-0.15, -0.1) is 0 Å². The van der Waals surface area contributed by atoms with Gasteiger partial charge in [0.05, 0.1) is 0 Å². The zero-order chi connectivity index (χ0) is 23.6. The summed E-state index contributed by atoms with van der Waals surface area (Å²) in [6.07, 6.45) is 2.80. The molecule has 1 N–H and O–H groups in total. The molecule has 0 atom stereocenters. The van der Waals surface area contributed by atoms with Crippen molar-refractivity contribution in [2.24, 2.45) is 5.92 Å². The molecule has 5 heteroatoms. The van der Waals surface area contributed by atoms with Crippen molar-refractivity contribution in [1.29, 1.82) is 0 Å². The van der Waals surface area contributed by atoms with Gasteiger partial charge in [0.1, 0.15) is 11.5 Å². The lowest BCUT2D eigenvalue weighted by Gasteiger charge is -2.44. The maximum atomic E-state index is 14.6. The van der Waals surface area contributed by atoms with Gasteiger partial charge in [0.15, 0.2) is 0 Å². The number of nitrogens with one attached hydrogen (secondary N) is 1. The van der Waals surface area contributed by atoms with Crippen LogP contribution in [0, 0.1) is 18.7 Å².